The third-order valence-corrected chi connectivity index (χ3v) is 3.07. The van der Waals surface area contributed by atoms with Crippen molar-refractivity contribution < 1.29 is 23.0 Å². The minimum absolute atomic E-state index is 0.0919. The number of carbonyl (C=O) groups is 1. The SMILES string of the molecule is CCOC(=O)C1CCC1c1ncc(OC(F)F)cn1. The monoisotopic (exact) mass is 272 g/mol. The fraction of sp³-hybridized carbons (Fsp3) is 0.583. The van der Waals surface area contributed by atoms with E-state index >= 15 is 0 Å². The van der Waals surface area contributed by atoms with E-state index in [9.17, 15) is 13.6 Å². The molecule has 0 spiro atoms. The van der Waals surface area contributed by atoms with Crippen molar-refractivity contribution in [2.24, 2.45) is 5.92 Å². The topological polar surface area (TPSA) is 61.3 Å². The Morgan fingerprint density at radius 2 is 2.11 bits per heavy atom. The molecular weight excluding hydrogens is 258 g/mol. The normalized spacial score (nSPS) is 21.9. The second kappa shape index (κ2) is 5.90. The van der Waals surface area contributed by atoms with E-state index in [-0.39, 0.29) is 23.6 Å². The lowest BCUT2D eigenvalue weighted by Gasteiger charge is -2.33. The highest BCUT2D eigenvalue weighted by Crippen LogP contribution is 2.41. The third kappa shape index (κ3) is 3.15. The molecule has 1 aromatic rings. The molecule has 0 bridgehead atoms. The van der Waals surface area contributed by atoms with E-state index in [1.807, 2.05) is 0 Å². The Bertz CT molecular complexity index is 439. The fourth-order valence-corrected chi connectivity index (χ4v) is 2.02. The Morgan fingerprint density at radius 1 is 1.42 bits per heavy atom. The summed E-state index contributed by atoms with van der Waals surface area (Å²) in [6, 6.07) is 0. The van der Waals surface area contributed by atoms with Crippen molar-refractivity contribution in [1.29, 1.82) is 0 Å². The Hall–Kier alpha value is -1.79. The molecule has 0 aliphatic heterocycles. The first-order chi connectivity index (χ1) is 9.11. The average molecular weight is 272 g/mol. The Morgan fingerprint density at radius 3 is 2.58 bits per heavy atom. The lowest BCUT2D eigenvalue weighted by atomic mass is 9.73. The van der Waals surface area contributed by atoms with Crippen molar-refractivity contribution in [3.05, 3.63) is 18.2 Å². The highest BCUT2D eigenvalue weighted by Gasteiger charge is 2.40. The van der Waals surface area contributed by atoms with Crippen LogP contribution in [0.15, 0.2) is 12.4 Å². The average Bonchev–Trinajstić information content (AvgIpc) is 2.29. The van der Waals surface area contributed by atoms with E-state index < -0.39 is 6.61 Å². The predicted octanol–water partition coefficient (Wildman–Crippen LogP) is 2.13. The molecule has 0 radical (unpaired) electrons. The quantitative estimate of drug-likeness (QED) is 0.768. The Balaban J connectivity index is 2.00. The number of hydrogen-bond donors (Lipinski definition) is 0. The summed E-state index contributed by atoms with van der Waals surface area (Å²) in [6.07, 6.45) is 3.91. The summed E-state index contributed by atoms with van der Waals surface area (Å²) in [5.74, 6) is -0.214. The van der Waals surface area contributed by atoms with Gasteiger partial charge in [-0.25, -0.2) is 9.97 Å². The van der Waals surface area contributed by atoms with Crippen molar-refractivity contribution in [2.75, 3.05) is 6.61 Å². The first-order valence-electron chi connectivity index (χ1n) is 6.05. The van der Waals surface area contributed by atoms with Gasteiger partial charge in [0.2, 0.25) is 0 Å². The molecule has 1 heterocycles. The van der Waals surface area contributed by atoms with Gasteiger partial charge in [-0.15, -0.1) is 0 Å². The van der Waals surface area contributed by atoms with E-state index in [1.165, 1.54) is 12.4 Å². The molecule has 1 aliphatic carbocycles. The highest BCUT2D eigenvalue weighted by atomic mass is 19.3. The number of hydrogen-bond acceptors (Lipinski definition) is 5. The molecule has 1 fully saturated rings. The van der Waals surface area contributed by atoms with Gasteiger partial charge in [-0.05, 0) is 19.8 Å². The number of halogens is 2. The maximum absolute atomic E-state index is 12.0. The van der Waals surface area contributed by atoms with Gasteiger partial charge in [0, 0.05) is 5.92 Å². The van der Waals surface area contributed by atoms with Crippen LogP contribution in [-0.4, -0.2) is 29.2 Å². The molecule has 2 rings (SSSR count). The number of carbonyl (C=O) groups excluding carboxylic acids is 1. The summed E-state index contributed by atoms with van der Waals surface area (Å²) in [7, 11) is 0. The lowest BCUT2D eigenvalue weighted by Crippen LogP contribution is -2.33. The van der Waals surface area contributed by atoms with Crippen molar-refractivity contribution in [3.8, 4) is 5.75 Å². The Kier molecular flexibility index (Phi) is 4.24. The second-order valence-corrected chi connectivity index (χ2v) is 4.20. The van der Waals surface area contributed by atoms with Gasteiger partial charge in [0.25, 0.3) is 0 Å². The van der Waals surface area contributed by atoms with Crippen LogP contribution in [0.3, 0.4) is 0 Å². The van der Waals surface area contributed by atoms with Crippen molar-refractivity contribution in [1.82, 2.24) is 9.97 Å². The van der Waals surface area contributed by atoms with E-state index in [4.69, 9.17) is 4.74 Å². The molecule has 0 N–H and O–H groups in total. The fourth-order valence-electron chi connectivity index (χ4n) is 2.02. The zero-order valence-corrected chi connectivity index (χ0v) is 10.4. The van der Waals surface area contributed by atoms with E-state index in [1.54, 1.807) is 6.92 Å². The summed E-state index contributed by atoms with van der Waals surface area (Å²) >= 11 is 0. The number of alkyl halides is 2. The third-order valence-electron chi connectivity index (χ3n) is 3.07. The van der Waals surface area contributed by atoms with Crippen LogP contribution in [0, 0.1) is 5.92 Å². The number of esters is 1. The van der Waals surface area contributed by atoms with E-state index in [0.717, 1.165) is 12.8 Å². The van der Waals surface area contributed by atoms with Crippen LogP contribution in [0.2, 0.25) is 0 Å². The van der Waals surface area contributed by atoms with Gasteiger partial charge in [0.05, 0.1) is 24.9 Å². The molecule has 2 atom stereocenters. The number of aromatic nitrogens is 2. The summed E-state index contributed by atoms with van der Waals surface area (Å²) in [5, 5.41) is 0. The Labute approximate surface area is 109 Å². The predicted molar refractivity (Wildman–Crippen MR) is 60.8 cm³/mol. The second-order valence-electron chi connectivity index (χ2n) is 4.20. The molecule has 2 unspecified atom stereocenters. The van der Waals surface area contributed by atoms with Gasteiger partial charge in [-0.2, -0.15) is 8.78 Å². The summed E-state index contributed by atoms with van der Waals surface area (Å²) < 4.78 is 33.1. The zero-order chi connectivity index (χ0) is 13.8. The van der Waals surface area contributed by atoms with Crippen LogP contribution >= 0.6 is 0 Å². The molecular formula is C12H14F2N2O3. The largest absolute Gasteiger partial charge is 0.466 e. The summed E-state index contributed by atoms with van der Waals surface area (Å²) in [5.41, 5.74) is 0. The maximum Gasteiger partial charge on any atom is 0.387 e. The molecule has 19 heavy (non-hydrogen) atoms. The van der Waals surface area contributed by atoms with E-state index in [0.29, 0.717) is 12.4 Å². The number of ether oxygens (including phenoxy) is 2. The summed E-state index contributed by atoms with van der Waals surface area (Å²) in [6.45, 7) is -0.812. The van der Waals surface area contributed by atoms with Crippen LogP contribution < -0.4 is 4.74 Å². The minimum atomic E-state index is -2.90. The summed E-state index contributed by atoms with van der Waals surface area (Å²) in [4.78, 5) is 19.6. The van der Waals surface area contributed by atoms with Gasteiger partial charge >= 0.3 is 12.6 Å². The lowest BCUT2D eigenvalue weighted by molar-refractivity contribution is -0.152. The van der Waals surface area contributed by atoms with Crippen LogP contribution in [-0.2, 0) is 9.53 Å². The molecule has 0 aromatic carbocycles. The molecule has 0 saturated heterocycles. The molecule has 1 saturated carbocycles. The molecule has 1 aromatic heterocycles. The van der Waals surface area contributed by atoms with Gasteiger partial charge in [0.1, 0.15) is 5.82 Å². The van der Waals surface area contributed by atoms with Gasteiger partial charge in [0.15, 0.2) is 5.75 Å². The van der Waals surface area contributed by atoms with Gasteiger partial charge in [-0.1, -0.05) is 0 Å². The van der Waals surface area contributed by atoms with Crippen molar-refractivity contribution in [2.45, 2.75) is 32.3 Å². The first-order valence-corrected chi connectivity index (χ1v) is 6.05. The molecule has 104 valence electrons. The zero-order valence-electron chi connectivity index (χ0n) is 10.4. The smallest absolute Gasteiger partial charge is 0.387 e. The van der Waals surface area contributed by atoms with Crippen LogP contribution in [0.1, 0.15) is 31.5 Å². The highest BCUT2D eigenvalue weighted by molar-refractivity contribution is 5.74. The molecule has 7 heteroatoms. The maximum atomic E-state index is 12.0. The van der Waals surface area contributed by atoms with E-state index in [2.05, 4.69) is 14.7 Å². The number of rotatable bonds is 5. The molecule has 5 nitrogen and oxygen atoms in total. The van der Waals surface area contributed by atoms with Crippen LogP contribution in [0.25, 0.3) is 0 Å². The number of nitrogens with zero attached hydrogens (tertiary/aromatic N) is 2. The standard InChI is InChI=1S/C12H14F2N2O3/c1-2-18-11(17)9-4-3-8(9)10-15-5-7(6-16-10)19-12(13)14/h5-6,8-9,12H,2-4H2,1H3. The van der Waals surface area contributed by atoms with Crippen molar-refractivity contribution >= 4 is 5.97 Å². The van der Waals surface area contributed by atoms with Gasteiger partial charge < -0.3 is 9.47 Å². The first kappa shape index (κ1) is 13.6. The van der Waals surface area contributed by atoms with Crippen LogP contribution in [0.5, 0.6) is 5.75 Å². The van der Waals surface area contributed by atoms with Gasteiger partial charge in [-0.3, -0.25) is 4.79 Å². The van der Waals surface area contributed by atoms with Crippen LogP contribution in [0.4, 0.5) is 8.78 Å². The van der Waals surface area contributed by atoms with Crippen molar-refractivity contribution in [3.63, 3.8) is 0 Å². The minimum Gasteiger partial charge on any atom is -0.466 e. The molecule has 0 amide bonds. The molecule has 1 aliphatic rings.